The van der Waals surface area contributed by atoms with Gasteiger partial charge in [0.25, 0.3) is 0 Å². The number of benzene rings is 3. The predicted octanol–water partition coefficient (Wildman–Crippen LogP) is 5.35. The third kappa shape index (κ3) is 2.39. The van der Waals surface area contributed by atoms with Crippen molar-refractivity contribution in [3.63, 3.8) is 0 Å². The standard InChI is InChI=1S/C25H15NO2/c26-15-17-14-21-24(27)20-12-6-7-13-22(20)28-25(21)23(16-8-2-1-3-9-16)19-11-5-4-10-18(17)19/h1-14,23H. The Morgan fingerprint density at radius 1 is 0.857 bits per heavy atom. The Hall–Kier alpha value is -3.90. The molecule has 1 atom stereocenters. The Kier molecular flexibility index (Phi) is 3.70. The quantitative estimate of drug-likeness (QED) is 0.459. The summed E-state index contributed by atoms with van der Waals surface area (Å²) in [7, 11) is 0. The largest absolute Gasteiger partial charge is 0.459 e. The van der Waals surface area contributed by atoms with E-state index in [1.807, 2.05) is 72.8 Å². The third-order valence-corrected chi connectivity index (χ3v) is 5.23. The van der Waals surface area contributed by atoms with Crippen LogP contribution >= 0.6 is 0 Å². The van der Waals surface area contributed by atoms with Crippen molar-refractivity contribution in [3.8, 4) is 6.07 Å². The Morgan fingerprint density at radius 2 is 1.57 bits per heavy atom. The summed E-state index contributed by atoms with van der Waals surface area (Å²) >= 11 is 0. The zero-order valence-electron chi connectivity index (χ0n) is 14.9. The second kappa shape index (κ2) is 6.37. The highest BCUT2D eigenvalue weighted by molar-refractivity contribution is 5.94. The van der Waals surface area contributed by atoms with E-state index in [-0.39, 0.29) is 11.3 Å². The van der Waals surface area contributed by atoms with E-state index in [2.05, 4.69) is 6.07 Å². The summed E-state index contributed by atoms with van der Waals surface area (Å²) in [5, 5.41) is 10.3. The fourth-order valence-corrected chi connectivity index (χ4v) is 3.95. The predicted molar refractivity (Wildman–Crippen MR) is 110 cm³/mol. The maximum atomic E-state index is 13.3. The van der Waals surface area contributed by atoms with Crippen LogP contribution in [0.25, 0.3) is 22.6 Å². The number of rotatable bonds is 1. The molecule has 5 rings (SSSR count). The normalized spacial score (nSPS) is 15.1. The SMILES string of the molecule is N#CC1=Cc2c(oc3ccccc3c2=O)C(c2ccccc2)c2ccccc21. The second-order valence-corrected chi connectivity index (χ2v) is 6.81. The molecule has 0 saturated carbocycles. The summed E-state index contributed by atoms with van der Waals surface area (Å²) in [5.41, 5.74) is 4.16. The van der Waals surface area contributed by atoms with E-state index in [9.17, 15) is 10.1 Å². The minimum atomic E-state index is -0.271. The number of nitrogens with zero attached hydrogens (tertiary/aromatic N) is 1. The molecule has 0 saturated heterocycles. The van der Waals surface area contributed by atoms with Crippen LogP contribution in [0.4, 0.5) is 0 Å². The van der Waals surface area contributed by atoms with Gasteiger partial charge in [-0.3, -0.25) is 4.79 Å². The number of para-hydroxylation sites is 1. The summed E-state index contributed by atoms with van der Waals surface area (Å²) < 4.78 is 6.31. The van der Waals surface area contributed by atoms with Gasteiger partial charge in [-0.15, -0.1) is 0 Å². The van der Waals surface area contributed by atoms with Gasteiger partial charge in [0.1, 0.15) is 11.3 Å². The smallest absolute Gasteiger partial charge is 0.200 e. The first-order valence-corrected chi connectivity index (χ1v) is 9.09. The number of hydrogen-bond donors (Lipinski definition) is 0. The summed E-state index contributed by atoms with van der Waals surface area (Å²) in [6.45, 7) is 0. The van der Waals surface area contributed by atoms with Gasteiger partial charge in [-0.1, -0.05) is 66.7 Å². The second-order valence-electron chi connectivity index (χ2n) is 6.81. The molecular formula is C25H15NO2. The van der Waals surface area contributed by atoms with Gasteiger partial charge in [0.2, 0.25) is 0 Å². The average Bonchev–Trinajstić information content (AvgIpc) is 2.89. The first-order valence-electron chi connectivity index (χ1n) is 9.09. The van der Waals surface area contributed by atoms with E-state index in [0.29, 0.717) is 27.9 Å². The Balaban J connectivity index is 1.96. The van der Waals surface area contributed by atoms with Gasteiger partial charge in [-0.25, -0.2) is 0 Å². The molecule has 28 heavy (non-hydrogen) atoms. The highest BCUT2D eigenvalue weighted by Crippen LogP contribution is 2.41. The van der Waals surface area contributed by atoms with Gasteiger partial charge < -0.3 is 4.42 Å². The van der Waals surface area contributed by atoms with Crippen LogP contribution in [0.5, 0.6) is 0 Å². The van der Waals surface area contributed by atoms with Crippen LogP contribution in [-0.2, 0) is 0 Å². The molecule has 132 valence electrons. The summed E-state index contributed by atoms with van der Waals surface area (Å²) in [5.74, 6) is 0.305. The van der Waals surface area contributed by atoms with E-state index >= 15 is 0 Å². The van der Waals surface area contributed by atoms with Crippen molar-refractivity contribution >= 4 is 22.6 Å². The number of nitriles is 1. The van der Waals surface area contributed by atoms with E-state index in [4.69, 9.17) is 4.42 Å². The molecule has 0 fully saturated rings. The molecule has 0 aliphatic heterocycles. The molecule has 0 spiro atoms. The number of hydrogen-bond acceptors (Lipinski definition) is 3. The summed E-state index contributed by atoms with van der Waals surface area (Å²) in [6.07, 6.45) is 1.68. The number of fused-ring (bicyclic) bond motifs is 3. The van der Waals surface area contributed by atoms with Crippen molar-refractivity contribution < 1.29 is 4.42 Å². The molecule has 3 nitrogen and oxygen atoms in total. The summed E-state index contributed by atoms with van der Waals surface area (Å²) in [6, 6.07) is 27.3. The average molecular weight is 361 g/mol. The van der Waals surface area contributed by atoms with Gasteiger partial charge in [0.15, 0.2) is 5.43 Å². The third-order valence-electron chi connectivity index (χ3n) is 5.23. The molecule has 1 aliphatic rings. The molecule has 3 heteroatoms. The maximum Gasteiger partial charge on any atom is 0.200 e. The van der Waals surface area contributed by atoms with Crippen LogP contribution in [-0.4, -0.2) is 0 Å². The highest BCUT2D eigenvalue weighted by atomic mass is 16.3. The van der Waals surface area contributed by atoms with E-state index < -0.39 is 0 Å². The van der Waals surface area contributed by atoms with E-state index in [0.717, 1.165) is 16.7 Å². The molecule has 0 radical (unpaired) electrons. The molecule has 1 unspecified atom stereocenters. The fourth-order valence-electron chi connectivity index (χ4n) is 3.95. The van der Waals surface area contributed by atoms with Crippen molar-refractivity contribution in [3.05, 3.63) is 117 Å². The lowest BCUT2D eigenvalue weighted by molar-refractivity contribution is 0.527. The van der Waals surface area contributed by atoms with Crippen molar-refractivity contribution in [1.82, 2.24) is 0 Å². The highest BCUT2D eigenvalue weighted by Gasteiger charge is 2.30. The molecule has 0 bridgehead atoms. The zero-order chi connectivity index (χ0) is 19.1. The van der Waals surface area contributed by atoms with Gasteiger partial charge in [-0.05, 0) is 34.9 Å². The lowest BCUT2D eigenvalue weighted by atomic mass is 9.85. The van der Waals surface area contributed by atoms with Gasteiger partial charge in [0.05, 0.1) is 28.5 Å². The Morgan fingerprint density at radius 3 is 2.39 bits per heavy atom. The van der Waals surface area contributed by atoms with Gasteiger partial charge in [0, 0.05) is 0 Å². The Bertz CT molecular complexity index is 1340. The van der Waals surface area contributed by atoms with Crippen molar-refractivity contribution in [2.45, 2.75) is 5.92 Å². The van der Waals surface area contributed by atoms with E-state index in [1.165, 1.54) is 0 Å². The van der Waals surface area contributed by atoms with Gasteiger partial charge in [-0.2, -0.15) is 5.26 Å². The monoisotopic (exact) mass is 361 g/mol. The molecule has 0 N–H and O–H groups in total. The first kappa shape index (κ1) is 16.3. The molecular weight excluding hydrogens is 346 g/mol. The zero-order valence-corrected chi connectivity index (χ0v) is 14.9. The topological polar surface area (TPSA) is 54.0 Å². The van der Waals surface area contributed by atoms with Crippen LogP contribution < -0.4 is 5.43 Å². The first-order chi connectivity index (χ1) is 13.8. The van der Waals surface area contributed by atoms with Crippen molar-refractivity contribution in [2.24, 2.45) is 0 Å². The number of allylic oxidation sites excluding steroid dienone is 1. The molecule has 4 aromatic rings. The minimum Gasteiger partial charge on any atom is -0.459 e. The van der Waals surface area contributed by atoms with Crippen LogP contribution in [0.15, 0.2) is 88.1 Å². The lowest BCUT2D eigenvalue weighted by Crippen LogP contribution is -2.13. The lowest BCUT2D eigenvalue weighted by Gasteiger charge is -2.20. The molecule has 0 amide bonds. The maximum absolute atomic E-state index is 13.3. The fraction of sp³-hybridized carbons (Fsp3) is 0.0400. The van der Waals surface area contributed by atoms with E-state index in [1.54, 1.807) is 12.1 Å². The van der Waals surface area contributed by atoms with Crippen molar-refractivity contribution in [2.75, 3.05) is 0 Å². The molecule has 1 aromatic heterocycles. The van der Waals surface area contributed by atoms with Crippen LogP contribution in [0, 0.1) is 11.3 Å². The molecule has 1 aliphatic carbocycles. The molecule has 3 aromatic carbocycles. The molecule has 1 heterocycles. The Labute approximate surface area is 161 Å². The van der Waals surface area contributed by atoms with Crippen LogP contribution in [0.3, 0.4) is 0 Å². The van der Waals surface area contributed by atoms with Crippen molar-refractivity contribution in [1.29, 1.82) is 5.26 Å². The van der Waals surface area contributed by atoms with Crippen LogP contribution in [0.1, 0.15) is 33.9 Å². The summed E-state index contributed by atoms with van der Waals surface area (Å²) in [4.78, 5) is 13.3. The van der Waals surface area contributed by atoms with Crippen LogP contribution in [0.2, 0.25) is 0 Å². The van der Waals surface area contributed by atoms with Gasteiger partial charge >= 0.3 is 0 Å². The minimum absolute atomic E-state index is 0.113.